The van der Waals surface area contributed by atoms with E-state index in [4.69, 9.17) is 10.1 Å². The molecule has 0 saturated heterocycles. The van der Waals surface area contributed by atoms with Gasteiger partial charge < -0.3 is 10.0 Å². The molecule has 0 aromatic carbocycles. The molecule has 0 unspecified atom stereocenters. The minimum Gasteiger partial charge on any atom is -0.476 e. The molecule has 1 N–H and O–H groups in total. The lowest BCUT2D eigenvalue weighted by Crippen LogP contribution is -2.41. The average Bonchev–Trinajstić information content (AvgIpc) is 3.07. The van der Waals surface area contributed by atoms with Crippen molar-refractivity contribution in [2.24, 2.45) is 0 Å². The molecule has 1 aliphatic heterocycles. The molecule has 3 heterocycles. The fourth-order valence-corrected chi connectivity index (χ4v) is 3.75. The maximum absolute atomic E-state index is 12.6. The minimum atomic E-state index is -1.12. The highest BCUT2D eigenvalue weighted by atomic mass is 16.4. The van der Waals surface area contributed by atoms with Crippen molar-refractivity contribution in [3.8, 4) is 0 Å². The maximum Gasteiger partial charge on any atom is 0.356 e. The summed E-state index contributed by atoms with van der Waals surface area (Å²) in [5, 5.41) is 13.0. The molecule has 8 heteroatoms. The van der Waals surface area contributed by atoms with E-state index in [1.807, 2.05) is 6.92 Å². The van der Waals surface area contributed by atoms with E-state index in [0.717, 1.165) is 30.1 Å². The predicted molar refractivity (Wildman–Crippen MR) is 92.2 cm³/mol. The molecule has 4 rings (SSSR count). The van der Waals surface area contributed by atoms with Crippen LogP contribution in [0, 0.1) is 6.92 Å². The van der Waals surface area contributed by atoms with Gasteiger partial charge >= 0.3 is 5.97 Å². The van der Waals surface area contributed by atoms with Crippen LogP contribution in [0.5, 0.6) is 0 Å². The summed E-state index contributed by atoms with van der Waals surface area (Å²) in [4.78, 5) is 34.7. The van der Waals surface area contributed by atoms with E-state index in [1.165, 1.54) is 29.2 Å². The zero-order chi connectivity index (χ0) is 18.3. The third-order valence-corrected chi connectivity index (χ3v) is 5.13. The van der Waals surface area contributed by atoms with Crippen LogP contribution in [0.1, 0.15) is 56.6 Å². The van der Waals surface area contributed by atoms with Crippen LogP contribution in [0.3, 0.4) is 0 Å². The van der Waals surface area contributed by atoms with Gasteiger partial charge in [-0.1, -0.05) is 0 Å². The molecule has 136 valence electrons. The Morgan fingerprint density at radius 1 is 1.23 bits per heavy atom. The first-order valence-electron chi connectivity index (χ1n) is 8.98. The number of hydrogen-bond acceptors (Lipinski definition) is 5. The van der Waals surface area contributed by atoms with Crippen LogP contribution >= 0.6 is 0 Å². The van der Waals surface area contributed by atoms with Crippen LogP contribution in [0.2, 0.25) is 0 Å². The largest absolute Gasteiger partial charge is 0.476 e. The summed E-state index contributed by atoms with van der Waals surface area (Å²) < 4.78 is 1.47. The summed E-state index contributed by atoms with van der Waals surface area (Å²) in [7, 11) is 0. The summed E-state index contributed by atoms with van der Waals surface area (Å²) in [6.07, 6.45) is 5.03. The third kappa shape index (κ3) is 2.95. The van der Waals surface area contributed by atoms with Crippen molar-refractivity contribution >= 4 is 11.9 Å². The van der Waals surface area contributed by atoms with E-state index in [0.29, 0.717) is 31.7 Å². The second-order valence-electron chi connectivity index (χ2n) is 6.84. The van der Waals surface area contributed by atoms with Gasteiger partial charge in [-0.05, 0) is 38.2 Å². The van der Waals surface area contributed by atoms with Crippen molar-refractivity contribution in [3.05, 3.63) is 40.2 Å². The Kier molecular flexibility index (Phi) is 4.18. The summed E-state index contributed by atoms with van der Waals surface area (Å²) in [5.41, 5.74) is 3.74. The van der Waals surface area contributed by atoms with Crippen molar-refractivity contribution in [2.45, 2.75) is 45.6 Å². The number of fused-ring (bicyclic) bond motifs is 2. The van der Waals surface area contributed by atoms with Crippen LogP contribution in [0.25, 0.3) is 0 Å². The van der Waals surface area contributed by atoms with Crippen molar-refractivity contribution < 1.29 is 14.7 Å². The van der Waals surface area contributed by atoms with E-state index >= 15 is 0 Å². The lowest BCUT2D eigenvalue weighted by molar-refractivity contribution is 0.0678. The molecular formula is C18H21N5O3. The van der Waals surface area contributed by atoms with Gasteiger partial charge in [0.05, 0.1) is 6.54 Å². The van der Waals surface area contributed by atoms with Crippen molar-refractivity contribution in [2.75, 3.05) is 13.1 Å². The Balaban J connectivity index is 1.48. The number of amides is 1. The second kappa shape index (κ2) is 6.51. The van der Waals surface area contributed by atoms with Gasteiger partial charge in [-0.25, -0.2) is 14.8 Å². The van der Waals surface area contributed by atoms with Gasteiger partial charge in [0.15, 0.2) is 5.69 Å². The van der Waals surface area contributed by atoms with E-state index in [-0.39, 0.29) is 11.6 Å². The zero-order valence-electron chi connectivity index (χ0n) is 14.7. The highest BCUT2D eigenvalue weighted by Gasteiger charge is 2.28. The number of aromatic carboxylic acids is 1. The van der Waals surface area contributed by atoms with Gasteiger partial charge in [-0.2, -0.15) is 5.10 Å². The Bertz CT molecular complexity index is 889. The lowest BCUT2D eigenvalue weighted by atomic mass is 9.95. The van der Waals surface area contributed by atoms with Crippen LogP contribution in [-0.2, 0) is 25.8 Å². The van der Waals surface area contributed by atoms with E-state index in [1.54, 1.807) is 4.90 Å². The topological polar surface area (TPSA) is 101 Å². The summed E-state index contributed by atoms with van der Waals surface area (Å²) in [5.74, 6) is -0.531. The summed E-state index contributed by atoms with van der Waals surface area (Å²) in [6.45, 7) is 3.56. The fraction of sp³-hybridized carbons (Fsp3) is 0.500. The predicted octanol–water partition coefficient (Wildman–Crippen LogP) is 1.26. The van der Waals surface area contributed by atoms with Gasteiger partial charge in [-0.3, -0.25) is 9.48 Å². The van der Waals surface area contributed by atoms with Gasteiger partial charge in [0.1, 0.15) is 11.5 Å². The Hall–Kier alpha value is -2.77. The number of aryl methyl sites for hydroxylation is 2. The number of rotatable bonds is 4. The molecule has 0 radical (unpaired) electrons. The maximum atomic E-state index is 12.6. The number of aromatic nitrogens is 4. The molecule has 2 aromatic heterocycles. The summed E-state index contributed by atoms with van der Waals surface area (Å²) >= 11 is 0. The molecule has 2 aliphatic rings. The second-order valence-corrected chi connectivity index (χ2v) is 6.84. The number of carboxylic acids is 1. The molecule has 0 atom stereocenters. The van der Waals surface area contributed by atoms with Crippen LogP contribution < -0.4 is 0 Å². The monoisotopic (exact) mass is 355 g/mol. The first-order chi connectivity index (χ1) is 12.5. The van der Waals surface area contributed by atoms with Crippen LogP contribution in [-0.4, -0.2) is 54.7 Å². The standard InChI is InChI=1S/C18H21N5O3/c1-11-12-4-2-3-5-13(12)20-16(19-11)6-7-22-8-9-23-15(17(22)24)10-14(21-23)18(25)26/h10H,2-9H2,1H3,(H,25,26). The lowest BCUT2D eigenvalue weighted by Gasteiger charge is -2.27. The molecular weight excluding hydrogens is 334 g/mol. The molecule has 2 aromatic rings. The van der Waals surface area contributed by atoms with Gasteiger partial charge in [-0.15, -0.1) is 0 Å². The highest BCUT2D eigenvalue weighted by Crippen LogP contribution is 2.22. The summed E-state index contributed by atoms with van der Waals surface area (Å²) in [6, 6.07) is 1.34. The van der Waals surface area contributed by atoms with E-state index in [9.17, 15) is 9.59 Å². The molecule has 26 heavy (non-hydrogen) atoms. The van der Waals surface area contributed by atoms with Crippen LogP contribution in [0.15, 0.2) is 6.07 Å². The number of nitrogens with zero attached hydrogens (tertiary/aromatic N) is 5. The molecule has 8 nitrogen and oxygen atoms in total. The Morgan fingerprint density at radius 3 is 2.85 bits per heavy atom. The van der Waals surface area contributed by atoms with Crippen molar-refractivity contribution in [3.63, 3.8) is 0 Å². The minimum absolute atomic E-state index is 0.0937. The molecule has 0 saturated carbocycles. The molecule has 0 fully saturated rings. The zero-order valence-corrected chi connectivity index (χ0v) is 14.7. The molecule has 1 aliphatic carbocycles. The van der Waals surface area contributed by atoms with Gasteiger partial charge in [0.2, 0.25) is 0 Å². The van der Waals surface area contributed by atoms with Crippen molar-refractivity contribution in [1.29, 1.82) is 0 Å². The van der Waals surface area contributed by atoms with Gasteiger partial charge in [0, 0.05) is 37.0 Å². The van der Waals surface area contributed by atoms with Crippen LogP contribution in [0.4, 0.5) is 0 Å². The normalized spacial score (nSPS) is 16.3. The number of carbonyl (C=O) groups excluding carboxylic acids is 1. The average molecular weight is 355 g/mol. The van der Waals surface area contributed by atoms with Gasteiger partial charge in [0.25, 0.3) is 5.91 Å². The highest BCUT2D eigenvalue weighted by molar-refractivity contribution is 5.96. The Morgan fingerprint density at radius 2 is 2.04 bits per heavy atom. The fourth-order valence-electron chi connectivity index (χ4n) is 3.75. The SMILES string of the molecule is Cc1nc(CCN2CCn3nc(C(=O)O)cc3C2=O)nc2c1CCCC2. The number of carbonyl (C=O) groups is 2. The van der Waals surface area contributed by atoms with E-state index < -0.39 is 5.97 Å². The molecule has 0 bridgehead atoms. The van der Waals surface area contributed by atoms with Crippen molar-refractivity contribution in [1.82, 2.24) is 24.6 Å². The first kappa shape index (κ1) is 16.7. The molecule has 0 spiro atoms. The Labute approximate surface area is 150 Å². The number of hydrogen-bond donors (Lipinski definition) is 1. The third-order valence-electron chi connectivity index (χ3n) is 5.13. The smallest absolute Gasteiger partial charge is 0.356 e. The number of carboxylic acid groups (broad SMARTS) is 1. The first-order valence-corrected chi connectivity index (χ1v) is 8.98. The van der Waals surface area contributed by atoms with E-state index in [2.05, 4.69) is 10.1 Å². The quantitative estimate of drug-likeness (QED) is 0.886. The molecule has 1 amide bonds.